The molecule has 0 unspecified atom stereocenters. The van der Waals surface area contributed by atoms with Crippen LogP contribution in [-0.2, 0) is 9.53 Å². The minimum absolute atomic E-state index is 0.0483. The topological polar surface area (TPSA) is 47.6 Å². The van der Waals surface area contributed by atoms with Crippen LogP contribution in [-0.4, -0.2) is 26.4 Å². The Morgan fingerprint density at radius 3 is 2.94 bits per heavy atom. The number of carbonyl (C=O) groups is 1. The molecule has 2 rings (SSSR count). The zero-order chi connectivity index (χ0) is 12.1. The summed E-state index contributed by atoms with van der Waals surface area (Å²) in [5.74, 6) is 0.697. The number of carbonyl (C=O) groups excluding carboxylic acids is 1. The molecule has 1 aromatic rings. The molecule has 1 aliphatic heterocycles. The molecular weight excluding hydrogens is 218 g/mol. The lowest BCUT2D eigenvalue weighted by Gasteiger charge is -2.17. The number of ether oxygens (including phenoxy) is 2. The molecule has 0 fully saturated rings. The van der Waals surface area contributed by atoms with Gasteiger partial charge in [0.05, 0.1) is 0 Å². The zero-order valence-corrected chi connectivity index (χ0v) is 9.73. The molecule has 0 aromatic heterocycles. The van der Waals surface area contributed by atoms with E-state index in [1.165, 1.54) is 0 Å². The highest BCUT2D eigenvalue weighted by Gasteiger charge is 2.14. The Morgan fingerprint density at radius 2 is 2.18 bits per heavy atom. The van der Waals surface area contributed by atoms with Gasteiger partial charge in [-0.15, -0.1) is 0 Å². The molecule has 1 N–H and O–H groups in total. The number of hydrogen-bond acceptors (Lipinski definition) is 3. The van der Waals surface area contributed by atoms with Gasteiger partial charge >= 0.3 is 0 Å². The van der Waals surface area contributed by atoms with Crippen molar-refractivity contribution >= 4 is 11.5 Å². The first kappa shape index (κ1) is 11.7. The van der Waals surface area contributed by atoms with Crippen LogP contribution < -0.4 is 10.1 Å². The van der Waals surface area contributed by atoms with Gasteiger partial charge in [-0.25, -0.2) is 0 Å². The Labute approximate surface area is 100 Å². The van der Waals surface area contributed by atoms with Crippen LogP contribution in [0.4, 0.5) is 0 Å². The van der Waals surface area contributed by atoms with Crippen molar-refractivity contribution in [2.45, 2.75) is 6.42 Å². The standard InChI is InChI=1S/C13H15NO3/c1-16-9-17-12-5-3-2-4-11(12)10-6-7-14-13(15)8-10/h2-5,8H,6-7,9H2,1H3,(H,14,15). The fourth-order valence-corrected chi connectivity index (χ4v) is 1.79. The summed E-state index contributed by atoms with van der Waals surface area (Å²) in [6.45, 7) is 0.875. The molecule has 0 bridgehead atoms. The molecular formula is C13H15NO3. The molecule has 1 aromatic carbocycles. The molecule has 90 valence electrons. The van der Waals surface area contributed by atoms with E-state index >= 15 is 0 Å². The second-order valence-corrected chi connectivity index (χ2v) is 3.76. The maximum atomic E-state index is 11.3. The van der Waals surface area contributed by atoms with Gasteiger partial charge in [-0.2, -0.15) is 0 Å². The van der Waals surface area contributed by atoms with Crippen molar-refractivity contribution in [2.24, 2.45) is 0 Å². The van der Waals surface area contributed by atoms with Crippen LogP contribution in [0.5, 0.6) is 5.75 Å². The quantitative estimate of drug-likeness (QED) is 0.803. The smallest absolute Gasteiger partial charge is 0.244 e. The summed E-state index contributed by atoms with van der Waals surface area (Å²) in [5.41, 5.74) is 1.96. The normalized spacial score (nSPS) is 15.1. The molecule has 0 radical (unpaired) electrons. The highest BCUT2D eigenvalue weighted by molar-refractivity contribution is 5.97. The highest BCUT2D eigenvalue weighted by Crippen LogP contribution is 2.28. The van der Waals surface area contributed by atoms with Gasteiger partial charge in [-0.3, -0.25) is 4.79 Å². The van der Waals surface area contributed by atoms with Crippen molar-refractivity contribution in [3.05, 3.63) is 35.9 Å². The fourth-order valence-electron chi connectivity index (χ4n) is 1.79. The molecule has 17 heavy (non-hydrogen) atoms. The summed E-state index contributed by atoms with van der Waals surface area (Å²) in [6, 6.07) is 7.66. The van der Waals surface area contributed by atoms with Gasteiger partial charge in [-0.1, -0.05) is 18.2 Å². The van der Waals surface area contributed by atoms with E-state index in [-0.39, 0.29) is 12.7 Å². The molecule has 1 aliphatic rings. The summed E-state index contributed by atoms with van der Waals surface area (Å²) in [5, 5.41) is 2.76. The zero-order valence-electron chi connectivity index (χ0n) is 9.73. The molecule has 0 atom stereocenters. The number of benzene rings is 1. The lowest BCUT2D eigenvalue weighted by atomic mass is 9.99. The number of methoxy groups -OCH3 is 1. The number of para-hydroxylation sites is 1. The minimum atomic E-state index is -0.0483. The monoisotopic (exact) mass is 233 g/mol. The third kappa shape index (κ3) is 2.85. The predicted molar refractivity (Wildman–Crippen MR) is 64.5 cm³/mol. The van der Waals surface area contributed by atoms with E-state index in [2.05, 4.69) is 5.32 Å². The summed E-state index contributed by atoms with van der Waals surface area (Å²) >= 11 is 0. The molecule has 0 saturated heterocycles. The van der Waals surface area contributed by atoms with Crippen molar-refractivity contribution in [2.75, 3.05) is 20.4 Å². The molecule has 0 spiro atoms. The number of amides is 1. The Bertz CT molecular complexity index is 440. The van der Waals surface area contributed by atoms with Crippen LogP contribution in [0.25, 0.3) is 5.57 Å². The van der Waals surface area contributed by atoms with E-state index in [1.54, 1.807) is 13.2 Å². The number of rotatable bonds is 4. The van der Waals surface area contributed by atoms with Crippen molar-refractivity contribution in [1.29, 1.82) is 0 Å². The van der Waals surface area contributed by atoms with E-state index in [0.717, 1.165) is 23.3 Å². The van der Waals surface area contributed by atoms with Crippen LogP contribution >= 0.6 is 0 Å². The van der Waals surface area contributed by atoms with E-state index in [9.17, 15) is 4.79 Å². The lowest BCUT2D eigenvalue weighted by Crippen LogP contribution is -2.26. The third-order valence-electron chi connectivity index (χ3n) is 2.56. The van der Waals surface area contributed by atoms with Gasteiger partial charge in [0.2, 0.25) is 5.91 Å². The highest BCUT2D eigenvalue weighted by atomic mass is 16.7. The number of nitrogens with one attached hydrogen (secondary N) is 1. The molecule has 0 aliphatic carbocycles. The van der Waals surface area contributed by atoms with Gasteiger partial charge in [0.1, 0.15) is 5.75 Å². The van der Waals surface area contributed by atoms with Gasteiger partial charge < -0.3 is 14.8 Å². The molecule has 4 heteroatoms. The maximum Gasteiger partial charge on any atom is 0.244 e. The predicted octanol–water partition coefficient (Wildman–Crippen LogP) is 1.57. The Hall–Kier alpha value is -1.81. The first-order valence-corrected chi connectivity index (χ1v) is 5.51. The first-order valence-electron chi connectivity index (χ1n) is 5.51. The summed E-state index contributed by atoms with van der Waals surface area (Å²) in [7, 11) is 1.58. The third-order valence-corrected chi connectivity index (χ3v) is 2.56. The van der Waals surface area contributed by atoms with E-state index in [0.29, 0.717) is 6.54 Å². The average molecular weight is 233 g/mol. The van der Waals surface area contributed by atoms with Crippen LogP contribution in [0.2, 0.25) is 0 Å². The van der Waals surface area contributed by atoms with Crippen LogP contribution in [0.3, 0.4) is 0 Å². The second kappa shape index (κ2) is 5.50. The van der Waals surface area contributed by atoms with Crippen molar-refractivity contribution in [3.8, 4) is 5.75 Å². The summed E-state index contributed by atoms with van der Waals surface area (Å²) in [4.78, 5) is 11.3. The lowest BCUT2D eigenvalue weighted by molar-refractivity contribution is -0.116. The van der Waals surface area contributed by atoms with E-state index in [4.69, 9.17) is 9.47 Å². The van der Waals surface area contributed by atoms with Gasteiger partial charge in [0.15, 0.2) is 6.79 Å². The molecule has 1 amide bonds. The Morgan fingerprint density at radius 1 is 1.35 bits per heavy atom. The number of hydrogen-bond donors (Lipinski definition) is 1. The van der Waals surface area contributed by atoms with Crippen LogP contribution in [0.15, 0.2) is 30.3 Å². The molecule has 1 heterocycles. The van der Waals surface area contributed by atoms with E-state index < -0.39 is 0 Å². The Balaban J connectivity index is 2.27. The van der Waals surface area contributed by atoms with Crippen molar-refractivity contribution in [1.82, 2.24) is 5.32 Å². The SMILES string of the molecule is COCOc1ccccc1C1=CC(=O)NCC1. The minimum Gasteiger partial charge on any atom is -0.467 e. The summed E-state index contributed by atoms with van der Waals surface area (Å²) < 4.78 is 10.4. The largest absolute Gasteiger partial charge is 0.467 e. The summed E-state index contributed by atoms with van der Waals surface area (Å²) in [6.07, 6.45) is 2.44. The van der Waals surface area contributed by atoms with Crippen LogP contribution in [0.1, 0.15) is 12.0 Å². The second-order valence-electron chi connectivity index (χ2n) is 3.76. The van der Waals surface area contributed by atoms with Gasteiger partial charge in [0.25, 0.3) is 0 Å². The molecule has 4 nitrogen and oxygen atoms in total. The maximum absolute atomic E-state index is 11.3. The first-order chi connectivity index (χ1) is 8.31. The van der Waals surface area contributed by atoms with Gasteiger partial charge in [0, 0.05) is 25.3 Å². The van der Waals surface area contributed by atoms with Crippen molar-refractivity contribution in [3.63, 3.8) is 0 Å². The molecule has 0 saturated carbocycles. The fraction of sp³-hybridized carbons (Fsp3) is 0.308. The average Bonchev–Trinajstić information content (AvgIpc) is 2.37. The Kier molecular flexibility index (Phi) is 3.77. The van der Waals surface area contributed by atoms with Crippen LogP contribution in [0, 0.1) is 0 Å². The van der Waals surface area contributed by atoms with E-state index in [1.807, 2.05) is 24.3 Å². The van der Waals surface area contributed by atoms with Crippen molar-refractivity contribution < 1.29 is 14.3 Å². The van der Waals surface area contributed by atoms with Gasteiger partial charge in [-0.05, 0) is 18.1 Å².